The van der Waals surface area contributed by atoms with Crippen LogP contribution in [0.1, 0.15) is 18.4 Å². The van der Waals surface area contributed by atoms with Crippen molar-refractivity contribution in [1.29, 1.82) is 5.26 Å². The molecule has 0 bridgehead atoms. The molecule has 84 valence electrons. The van der Waals surface area contributed by atoms with Gasteiger partial charge in [-0.3, -0.25) is 0 Å². The van der Waals surface area contributed by atoms with Crippen molar-refractivity contribution in [3.05, 3.63) is 22.8 Å². The molecule has 1 atom stereocenters. The van der Waals surface area contributed by atoms with Gasteiger partial charge in [-0.25, -0.2) is 4.98 Å². The summed E-state index contributed by atoms with van der Waals surface area (Å²) >= 11 is 5.94. The predicted octanol–water partition coefficient (Wildman–Crippen LogP) is 2.16. The number of nitriles is 1. The fourth-order valence-electron chi connectivity index (χ4n) is 1.56. The van der Waals surface area contributed by atoms with Gasteiger partial charge in [0.1, 0.15) is 17.7 Å². The second kappa shape index (κ2) is 5.15. The summed E-state index contributed by atoms with van der Waals surface area (Å²) in [6.07, 6.45) is 3.68. The Hall–Kier alpha value is -1.31. The standard InChI is InChI=1S/C11H11ClN2O2/c12-10-8(6-13)3-4-14-11(10)16-7-9-2-1-5-15-9/h3-4,9H,1-2,5,7H2. The van der Waals surface area contributed by atoms with E-state index in [1.165, 1.54) is 6.20 Å². The molecule has 0 spiro atoms. The SMILES string of the molecule is N#Cc1ccnc(OCC2CCCO2)c1Cl. The summed E-state index contributed by atoms with van der Waals surface area (Å²) in [5, 5.41) is 9.05. The first-order valence-electron chi connectivity index (χ1n) is 5.10. The van der Waals surface area contributed by atoms with Crippen LogP contribution in [0.5, 0.6) is 5.88 Å². The van der Waals surface area contributed by atoms with Crippen molar-refractivity contribution in [2.75, 3.05) is 13.2 Å². The topological polar surface area (TPSA) is 55.1 Å². The van der Waals surface area contributed by atoms with E-state index in [9.17, 15) is 0 Å². The van der Waals surface area contributed by atoms with Crippen LogP contribution in [-0.2, 0) is 4.74 Å². The lowest BCUT2D eigenvalue weighted by atomic mass is 10.2. The van der Waals surface area contributed by atoms with Gasteiger partial charge in [-0.1, -0.05) is 11.6 Å². The van der Waals surface area contributed by atoms with Crippen molar-refractivity contribution in [2.24, 2.45) is 0 Å². The lowest BCUT2D eigenvalue weighted by molar-refractivity contribution is 0.0664. The van der Waals surface area contributed by atoms with Crippen LogP contribution in [0, 0.1) is 11.3 Å². The van der Waals surface area contributed by atoms with Gasteiger partial charge in [0, 0.05) is 12.8 Å². The number of hydrogen-bond donors (Lipinski definition) is 0. The first-order valence-corrected chi connectivity index (χ1v) is 5.48. The Balaban J connectivity index is 2.01. The summed E-state index contributed by atoms with van der Waals surface area (Å²) in [5.74, 6) is 0.302. The van der Waals surface area contributed by atoms with Crippen LogP contribution in [0.3, 0.4) is 0 Å². The fourth-order valence-corrected chi connectivity index (χ4v) is 1.77. The van der Waals surface area contributed by atoms with Gasteiger partial charge in [-0.15, -0.1) is 0 Å². The molecule has 2 rings (SSSR count). The maximum atomic E-state index is 8.78. The molecule has 1 aliphatic heterocycles. The van der Waals surface area contributed by atoms with E-state index < -0.39 is 0 Å². The number of halogens is 1. The molecule has 0 aromatic carbocycles. The number of ether oxygens (including phenoxy) is 2. The molecule has 1 aliphatic rings. The molecule has 1 aromatic heterocycles. The monoisotopic (exact) mass is 238 g/mol. The average molecular weight is 239 g/mol. The maximum absolute atomic E-state index is 8.78. The highest BCUT2D eigenvalue weighted by Gasteiger charge is 2.17. The second-order valence-corrected chi connectivity index (χ2v) is 3.91. The summed E-state index contributed by atoms with van der Waals surface area (Å²) in [6.45, 7) is 1.22. The summed E-state index contributed by atoms with van der Waals surface area (Å²) in [7, 11) is 0. The summed E-state index contributed by atoms with van der Waals surface area (Å²) in [5.41, 5.74) is 0.374. The second-order valence-electron chi connectivity index (χ2n) is 3.54. The van der Waals surface area contributed by atoms with E-state index in [1.54, 1.807) is 6.07 Å². The highest BCUT2D eigenvalue weighted by atomic mass is 35.5. The zero-order valence-electron chi connectivity index (χ0n) is 8.65. The molecule has 1 aromatic rings. The molecule has 1 saturated heterocycles. The molecular weight excluding hydrogens is 228 g/mol. The Morgan fingerprint density at radius 3 is 3.25 bits per heavy atom. The Kier molecular flexibility index (Phi) is 3.60. The van der Waals surface area contributed by atoms with Crippen LogP contribution >= 0.6 is 11.6 Å². The van der Waals surface area contributed by atoms with E-state index in [0.717, 1.165) is 19.4 Å². The predicted molar refractivity (Wildman–Crippen MR) is 58.4 cm³/mol. The van der Waals surface area contributed by atoms with Crippen molar-refractivity contribution in [3.63, 3.8) is 0 Å². The molecular formula is C11H11ClN2O2. The van der Waals surface area contributed by atoms with Crippen LogP contribution in [0.4, 0.5) is 0 Å². The number of aromatic nitrogens is 1. The molecule has 5 heteroatoms. The van der Waals surface area contributed by atoms with E-state index in [4.69, 9.17) is 26.3 Å². The van der Waals surface area contributed by atoms with Gasteiger partial charge in [0.2, 0.25) is 5.88 Å². The van der Waals surface area contributed by atoms with Crippen LogP contribution in [0.15, 0.2) is 12.3 Å². The van der Waals surface area contributed by atoms with E-state index >= 15 is 0 Å². The van der Waals surface area contributed by atoms with Gasteiger partial charge in [0.05, 0.1) is 11.7 Å². The van der Waals surface area contributed by atoms with Gasteiger partial charge in [0.25, 0.3) is 0 Å². The minimum absolute atomic E-state index is 0.114. The van der Waals surface area contributed by atoms with Crippen LogP contribution in [0.2, 0.25) is 5.02 Å². The van der Waals surface area contributed by atoms with E-state index in [-0.39, 0.29) is 11.1 Å². The normalized spacial score (nSPS) is 19.4. The number of nitrogens with zero attached hydrogens (tertiary/aromatic N) is 2. The molecule has 0 saturated carbocycles. The Morgan fingerprint density at radius 1 is 1.69 bits per heavy atom. The summed E-state index contributed by atoms with van der Waals surface area (Å²) in [6, 6.07) is 3.54. The molecule has 2 heterocycles. The third-order valence-corrected chi connectivity index (χ3v) is 2.77. The molecule has 16 heavy (non-hydrogen) atoms. The van der Waals surface area contributed by atoms with Crippen LogP contribution in [-0.4, -0.2) is 24.3 Å². The van der Waals surface area contributed by atoms with Gasteiger partial charge in [-0.2, -0.15) is 5.26 Å². The number of hydrogen-bond acceptors (Lipinski definition) is 4. The van der Waals surface area contributed by atoms with Crippen molar-refractivity contribution in [3.8, 4) is 11.9 Å². The first-order chi connectivity index (χ1) is 7.81. The lowest BCUT2D eigenvalue weighted by Gasteiger charge is -2.11. The molecule has 1 unspecified atom stereocenters. The van der Waals surface area contributed by atoms with Gasteiger partial charge >= 0.3 is 0 Å². The van der Waals surface area contributed by atoms with Crippen LogP contribution < -0.4 is 4.74 Å². The highest BCUT2D eigenvalue weighted by Crippen LogP contribution is 2.25. The zero-order chi connectivity index (χ0) is 11.4. The summed E-state index contributed by atoms with van der Waals surface area (Å²) < 4.78 is 10.9. The largest absolute Gasteiger partial charge is 0.474 e. The minimum atomic E-state index is 0.114. The minimum Gasteiger partial charge on any atom is -0.474 e. The molecule has 0 aliphatic carbocycles. The fraction of sp³-hybridized carbons (Fsp3) is 0.455. The Labute approximate surface area is 98.8 Å². The number of rotatable bonds is 3. The smallest absolute Gasteiger partial charge is 0.234 e. The van der Waals surface area contributed by atoms with E-state index in [2.05, 4.69) is 4.98 Å². The molecule has 1 fully saturated rings. The van der Waals surface area contributed by atoms with E-state index in [0.29, 0.717) is 18.1 Å². The Morgan fingerprint density at radius 2 is 2.56 bits per heavy atom. The van der Waals surface area contributed by atoms with Crippen molar-refractivity contribution >= 4 is 11.6 Å². The van der Waals surface area contributed by atoms with Gasteiger partial charge in [0.15, 0.2) is 0 Å². The summed E-state index contributed by atoms with van der Waals surface area (Å²) in [4.78, 5) is 3.99. The van der Waals surface area contributed by atoms with Crippen molar-refractivity contribution < 1.29 is 9.47 Å². The first kappa shape index (κ1) is 11.2. The highest BCUT2D eigenvalue weighted by molar-refractivity contribution is 6.32. The Bertz CT molecular complexity index is 411. The third-order valence-electron chi connectivity index (χ3n) is 2.41. The molecule has 0 N–H and O–H groups in total. The zero-order valence-corrected chi connectivity index (χ0v) is 9.41. The number of pyridine rings is 1. The van der Waals surface area contributed by atoms with Crippen molar-refractivity contribution in [2.45, 2.75) is 18.9 Å². The molecule has 4 nitrogen and oxygen atoms in total. The quantitative estimate of drug-likeness (QED) is 0.810. The lowest BCUT2D eigenvalue weighted by Crippen LogP contribution is -2.16. The molecule has 0 amide bonds. The van der Waals surface area contributed by atoms with E-state index in [1.807, 2.05) is 6.07 Å². The van der Waals surface area contributed by atoms with Gasteiger partial charge in [-0.05, 0) is 18.9 Å². The van der Waals surface area contributed by atoms with Gasteiger partial charge < -0.3 is 9.47 Å². The van der Waals surface area contributed by atoms with Crippen molar-refractivity contribution in [1.82, 2.24) is 4.98 Å². The van der Waals surface area contributed by atoms with Crippen LogP contribution in [0.25, 0.3) is 0 Å². The average Bonchev–Trinajstić information content (AvgIpc) is 2.81. The molecule has 0 radical (unpaired) electrons. The maximum Gasteiger partial charge on any atom is 0.234 e. The third kappa shape index (κ3) is 2.43.